The van der Waals surface area contributed by atoms with Gasteiger partial charge in [0.1, 0.15) is 5.82 Å². The van der Waals surface area contributed by atoms with Gasteiger partial charge >= 0.3 is 5.97 Å². The second-order valence-electron chi connectivity index (χ2n) is 4.26. The van der Waals surface area contributed by atoms with Gasteiger partial charge < -0.3 is 4.74 Å². The summed E-state index contributed by atoms with van der Waals surface area (Å²) in [6, 6.07) is 1.80. The number of aromatic nitrogens is 2. The second-order valence-corrected chi connectivity index (χ2v) is 4.26. The van der Waals surface area contributed by atoms with Gasteiger partial charge in [-0.05, 0) is 25.5 Å². The summed E-state index contributed by atoms with van der Waals surface area (Å²) in [6.07, 6.45) is 5.42. The molecule has 1 fully saturated rings. The van der Waals surface area contributed by atoms with Crippen molar-refractivity contribution in [2.75, 3.05) is 20.2 Å². The minimum absolute atomic E-state index is 0.00235. The molecule has 5 nitrogen and oxygen atoms in total. The van der Waals surface area contributed by atoms with Crippen molar-refractivity contribution in [1.82, 2.24) is 14.9 Å². The lowest BCUT2D eigenvalue weighted by Gasteiger charge is -2.30. The first-order valence-corrected chi connectivity index (χ1v) is 5.85. The van der Waals surface area contributed by atoms with Gasteiger partial charge in [0.25, 0.3) is 0 Å². The van der Waals surface area contributed by atoms with Gasteiger partial charge in [-0.3, -0.25) is 9.69 Å². The van der Waals surface area contributed by atoms with Crippen molar-refractivity contribution in [2.45, 2.75) is 19.4 Å². The summed E-state index contributed by atoms with van der Waals surface area (Å²) < 4.78 is 4.79. The Kier molecular flexibility index (Phi) is 4.03. The predicted octanol–water partition coefficient (Wildman–Crippen LogP) is 0.862. The highest BCUT2D eigenvalue weighted by Gasteiger charge is 2.26. The Balaban J connectivity index is 1.92. The van der Waals surface area contributed by atoms with Gasteiger partial charge in [-0.2, -0.15) is 0 Å². The Bertz CT molecular complexity index is 369. The zero-order valence-corrected chi connectivity index (χ0v) is 10.0. The number of ether oxygens (including phenoxy) is 1. The van der Waals surface area contributed by atoms with Gasteiger partial charge in [-0.15, -0.1) is 0 Å². The Hall–Kier alpha value is -1.49. The van der Waals surface area contributed by atoms with Crippen LogP contribution in [0.15, 0.2) is 18.5 Å². The Morgan fingerprint density at radius 1 is 1.53 bits per heavy atom. The fraction of sp³-hybridized carbons (Fsp3) is 0.583. The lowest BCUT2D eigenvalue weighted by Crippen LogP contribution is -2.39. The summed E-state index contributed by atoms with van der Waals surface area (Å²) in [5, 5.41) is 0. The number of carbonyl (C=O) groups excluding carboxylic acids is 1. The molecule has 1 atom stereocenters. The first-order chi connectivity index (χ1) is 8.29. The van der Waals surface area contributed by atoms with E-state index >= 15 is 0 Å². The summed E-state index contributed by atoms with van der Waals surface area (Å²) in [5.41, 5.74) is 0. The number of hydrogen-bond donors (Lipinski definition) is 0. The van der Waals surface area contributed by atoms with Crippen LogP contribution in [0.1, 0.15) is 18.7 Å². The fourth-order valence-electron chi connectivity index (χ4n) is 2.17. The Morgan fingerprint density at radius 3 is 3.00 bits per heavy atom. The molecule has 0 N–H and O–H groups in total. The molecule has 0 amide bonds. The van der Waals surface area contributed by atoms with Crippen molar-refractivity contribution in [3.8, 4) is 0 Å². The molecule has 92 valence electrons. The number of hydrogen-bond acceptors (Lipinski definition) is 5. The zero-order valence-electron chi connectivity index (χ0n) is 10.0. The van der Waals surface area contributed by atoms with E-state index in [4.69, 9.17) is 4.74 Å². The minimum Gasteiger partial charge on any atom is -0.469 e. The average Bonchev–Trinajstić information content (AvgIpc) is 2.39. The topological polar surface area (TPSA) is 55.3 Å². The quantitative estimate of drug-likeness (QED) is 0.727. The maximum Gasteiger partial charge on any atom is 0.309 e. The SMILES string of the molecule is COC(=O)C1CCCN(Cc2ncccn2)C1. The molecule has 1 saturated heterocycles. The van der Waals surface area contributed by atoms with Gasteiger partial charge in [-0.25, -0.2) is 9.97 Å². The van der Waals surface area contributed by atoms with E-state index in [1.54, 1.807) is 18.5 Å². The van der Waals surface area contributed by atoms with Crippen LogP contribution < -0.4 is 0 Å². The van der Waals surface area contributed by atoms with Crippen LogP contribution in [-0.2, 0) is 16.1 Å². The molecular weight excluding hydrogens is 218 g/mol. The normalized spacial score (nSPS) is 21.1. The van der Waals surface area contributed by atoms with Crippen molar-refractivity contribution >= 4 is 5.97 Å². The maximum absolute atomic E-state index is 11.5. The molecule has 0 saturated carbocycles. The van der Waals surface area contributed by atoms with Crippen LogP contribution in [0, 0.1) is 5.92 Å². The summed E-state index contributed by atoms with van der Waals surface area (Å²) >= 11 is 0. The summed E-state index contributed by atoms with van der Waals surface area (Å²) in [5.74, 6) is 0.694. The predicted molar refractivity (Wildman–Crippen MR) is 62.0 cm³/mol. The van der Waals surface area contributed by atoms with E-state index in [2.05, 4.69) is 14.9 Å². The number of likely N-dealkylation sites (tertiary alicyclic amines) is 1. The second kappa shape index (κ2) is 5.72. The number of rotatable bonds is 3. The van der Waals surface area contributed by atoms with Crippen LogP contribution in [0.3, 0.4) is 0 Å². The molecule has 17 heavy (non-hydrogen) atoms. The molecule has 1 unspecified atom stereocenters. The van der Waals surface area contributed by atoms with Crippen LogP contribution >= 0.6 is 0 Å². The molecule has 1 aromatic heterocycles. The first kappa shape index (κ1) is 12.0. The highest BCUT2D eigenvalue weighted by Crippen LogP contribution is 2.18. The summed E-state index contributed by atoms with van der Waals surface area (Å²) in [4.78, 5) is 22.1. The number of nitrogens with zero attached hydrogens (tertiary/aromatic N) is 3. The molecule has 1 aromatic rings. The van der Waals surface area contributed by atoms with E-state index in [-0.39, 0.29) is 11.9 Å². The molecule has 5 heteroatoms. The van der Waals surface area contributed by atoms with Gasteiger partial charge in [-0.1, -0.05) is 0 Å². The van der Waals surface area contributed by atoms with Crippen molar-refractivity contribution in [3.63, 3.8) is 0 Å². The van der Waals surface area contributed by atoms with Crippen molar-refractivity contribution in [1.29, 1.82) is 0 Å². The zero-order chi connectivity index (χ0) is 12.1. The highest BCUT2D eigenvalue weighted by atomic mass is 16.5. The van der Waals surface area contributed by atoms with E-state index in [1.807, 2.05) is 0 Å². The molecule has 0 spiro atoms. The smallest absolute Gasteiger partial charge is 0.309 e. The molecule has 0 aliphatic carbocycles. The Morgan fingerprint density at radius 2 is 2.29 bits per heavy atom. The number of esters is 1. The molecule has 2 rings (SSSR count). The maximum atomic E-state index is 11.5. The summed E-state index contributed by atoms with van der Waals surface area (Å²) in [7, 11) is 1.45. The van der Waals surface area contributed by atoms with Crippen molar-refractivity contribution in [3.05, 3.63) is 24.3 Å². The fourth-order valence-corrected chi connectivity index (χ4v) is 2.17. The molecule has 0 aromatic carbocycles. The first-order valence-electron chi connectivity index (χ1n) is 5.85. The number of carbonyl (C=O) groups is 1. The third kappa shape index (κ3) is 3.23. The van der Waals surface area contributed by atoms with Crippen LogP contribution in [0.2, 0.25) is 0 Å². The van der Waals surface area contributed by atoms with Gasteiger partial charge in [0.15, 0.2) is 0 Å². The highest BCUT2D eigenvalue weighted by molar-refractivity contribution is 5.72. The van der Waals surface area contributed by atoms with E-state index in [0.717, 1.165) is 31.8 Å². The standard InChI is InChI=1S/C12H17N3O2/c1-17-12(16)10-4-2-7-15(8-10)9-11-13-5-3-6-14-11/h3,5-6,10H,2,4,7-9H2,1H3. The van der Waals surface area contributed by atoms with Crippen LogP contribution in [-0.4, -0.2) is 41.0 Å². The van der Waals surface area contributed by atoms with Gasteiger partial charge in [0, 0.05) is 18.9 Å². The number of piperidine rings is 1. The Labute approximate surface area is 101 Å². The van der Waals surface area contributed by atoms with Crippen LogP contribution in [0.25, 0.3) is 0 Å². The average molecular weight is 235 g/mol. The van der Waals surface area contributed by atoms with E-state index in [9.17, 15) is 4.79 Å². The van der Waals surface area contributed by atoms with Crippen molar-refractivity contribution in [2.24, 2.45) is 5.92 Å². The largest absolute Gasteiger partial charge is 0.469 e. The van der Waals surface area contributed by atoms with E-state index in [0.29, 0.717) is 6.54 Å². The lowest BCUT2D eigenvalue weighted by atomic mass is 9.98. The van der Waals surface area contributed by atoms with Crippen LogP contribution in [0.5, 0.6) is 0 Å². The molecule has 1 aliphatic rings. The van der Waals surface area contributed by atoms with E-state index < -0.39 is 0 Å². The molecule has 2 heterocycles. The lowest BCUT2D eigenvalue weighted by molar-refractivity contribution is -0.147. The minimum atomic E-state index is -0.108. The van der Waals surface area contributed by atoms with Crippen molar-refractivity contribution < 1.29 is 9.53 Å². The summed E-state index contributed by atoms with van der Waals surface area (Å²) in [6.45, 7) is 2.44. The van der Waals surface area contributed by atoms with Gasteiger partial charge in [0.05, 0.1) is 19.6 Å². The van der Waals surface area contributed by atoms with Crippen LogP contribution in [0.4, 0.5) is 0 Å². The van der Waals surface area contributed by atoms with E-state index in [1.165, 1.54) is 7.11 Å². The number of methoxy groups -OCH3 is 1. The molecule has 0 bridgehead atoms. The molecular formula is C12H17N3O2. The van der Waals surface area contributed by atoms with Gasteiger partial charge in [0.2, 0.25) is 0 Å². The monoisotopic (exact) mass is 235 g/mol. The molecule has 0 radical (unpaired) electrons. The third-order valence-electron chi connectivity index (χ3n) is 3.02. The molecule has 1 aliphatic heterocycles. The third-order valence-corrected chi connectivity index (χ3v) is 3.02.